The van der Waals surface area contributed by atoms with E-state index in [-0.39, 0.29) is 28.2 Å². The molecule has 1 nitrogen and oxygen atoms in total. The van der Waals surface area contributed by atoms with Gasteiger partial charge in [-0.1, -0.05) is 18.2 Å². The second-order valence-corrected chi connectivity index (χ2v) is 5.66. The molecule has 0 fully saturated rings. The molecular formula is C16H15BrF3N. The van der Waals surface area contributed by atoms with Gasteiger partial charge in [-0.3, -0.25) is 0 Å². The zero-order chi connectivity index (χ0) is 15.4. The summed E-state index contributed by atoms with van der Waals surface area (Å²) in [5.74, 6) is -1.97. The predicted molar refractivity (Wildman–Crippen MR) is 80.8 cm³/mol. The van der Waals surface area contributed by atoms with Crippen molar-refractivity contribution >= 4 is 15.9 Å². The molecule has 0 aromatic heterocycles. The summed E-state index contributed by atoms with van der Waals surface area (Å²) in [4.78, 5) is 0. The van der Waals surface area contributed by atoms with Gasteiger partial charge in [-0.05, 0) is 53.2 Å². The lowest BCUT2D eigenvalue weighted by Crippen LogP contribution is -2.21. The fourth-order valence-corrected chi connectivity index (χ4v) is 2.72. The maximum Gasteiger partial charge on any atom is 0.143 e. The summed E-state index contributed by atoms with van der Waals surface area (Å²) in [5.41, 5.74) is 0.415. The fourth-order valence-electron chi connectivity index (χ4n) is 2.35. The molecule has 0 aliphatic carbocycles. The summed E-state index contributed by atoms with van der Waals surface area (Å²) in [6.07, 6.45) is 0.0822. The highest BCUT2D eigenvalue weighted by Crippen LogP contribution is 2.28. The van der Waals surface area contributed by atoms with E-state index in [1.807, 2.05) is 0 Å². The van der Waals surface area contributed by atoms with E-state index in [0.717, 1.165) is 0 Å². The van der Waals surface area contributed by atoms with Gasteiger partial charge in [0.15, 0.2) is 0 Å². The molecule has 2 aromatic carbocycles. The van der Waals surface area contributed by atoms with E-state index in [4.69, 9.17) is 0 Å². The van der Waals surface area contributed by atoms with E-state index in [2.05, 4.69) is 21.2 Å². The van der Waals surface area contributed by atoms with Crippen molar-refractivity contribution in [3.63, 3.8) is 0 Å². The van der Waals surface area contributed by atoms with E-state index >= 15 is 0 Å². The number of halogens is 4. The van der Waals surface area contributed by atoms with Gasteiger partial charge in [0, 0.05) is 18.0 Å². The normalized spacial score (nSPS) is 12.4. The second-order valence-electron chi connectivity index (χ2n) is 4.80. The first-order chi connectivity index (χ1) is 10.0. The number of likely N-dealkylation sites (N-methyl/N-ethyl adjacent to an activating group) is 1. The molecule has 21 heavy (non-hydrogen) atoms. The largest absolute Gasteiger partial charge is 0.319 e. The topological polar surface area (TPSA) is 12.0 Å². The van der Waals surface area contributed by atoms with Crippen molar-refractivity contribution in [2.45, 2.75) is 12.3 Å². The van der Waals surface area contributed by atoms with E-state index < -0.39 is 11.6 Å². The Hall–Kier alpha value is -1.33. The van der Waals surface area contributed by atoms with Crippen LogP contribution in [0, 0.1) is 17.5 Å². The van der Waals surface area contributed by atoms with Gasteiger partial charge in [-0.25, -0.2) is 13.2 Å². The zero-order valence-corrected chi connectivity index (χ0v) is 13.1. The van der Waals surface area contributed by atoms with Gasteiger partial charge in [0.25, 0.3) is 0 Å². The smallest absolute Gasteiger partial charge is 0.143 e. The van der Waals surface area contributed by atoms with Crippen LogP contribution in [0.3, 0.4) is 0 Å². The lowest BCUT2D eigenvalue weighted by atomic mass is 9.91. The molecule has 0 saturated heterocycles. The minimum absolute atomic E-state index is 0.0344. The van der Waals surface area contributed by atoms with Crippen molar-refractivity contribution in [3.05, 3.63) is 69.4 Å². The standard InChI is InChI=1S/C16H15BrF3N/c1-21-9-10(11-4-2-3-5-14(11)18)8-12-15(19)7-6-13(17)16(12)20/h2-7,10,21H,8-9H2,1H3. The molecule has 0 aliphatic rings. The minimum atomic E-state index is -0.632. The molecule has 1 unspecified atom stereocenters. The van der Waals surface area contributed by atoms with E-state index in [0.29, 0.717) is 12.1 Å². The Kier molecular flexibility index (Phi) is 5.42. The van der Waals surface area contributed by atoms with Crippen molar-refractivity contribution in [2.24, 2.45) is 0 Å². The molecule has 0 bridgehead atoms. The first-order valence-corrected chi connectivity index (χ1v) is 7.35. The Morgan fingerprint density at radius 2 is 1.76 bits per heavy atom. The van der Waals surface area contributed by atoms with Crippen LogP contribution >= 0.6 is 15.9 Å². The van der Waals surface area contributed by atoms with Gasteiger partial charge >= 0.3 is 0 Å². The summed E-state index contributed by atoms with van der Waals surface area (Å²) < 4.78 is 42.1. The van der Waals surface area contributed by atoms with Crippen LogP contribution in [0.5, 0.6) is 0 Å². The molecule has 0 saturated carbocycles. The molecule has 1 atom stereocenters. The van der Waals surface area contributed by atoms with Gasteiger partial charge < -0.3 is 5.32 Å². The molecule has 0 amide bonds. The Morgan fingerprint density at radius 3 is 2.43 bits per heavy atom. The average molecular weight is 358 g/mol. The minimum Gasteiger partial charge on any atom is -0.319 e. The van der Waals surface area contributed by atoms with Crippen LogP contribution in [0.2, 0.25) is 0 Å². The lowest BCUT2D eigenvalue weighted by molar-refractivity contribution is 0.512. The number of nitrogens with one attached hydrogen (secondary N) is 1. The number of rotatable bonds is 5. The van der Waals surface area contributed by atoms with Crippen LogP contribution in [0.15, 0.2) is 40.9 Å². The van der Waals surface area contributed by atoms with Crippen LogP contribution in [0.1, 0.15) is 17.0 Å². The first-order valence-electron chi connectivity index (χ1n) is 6.56. The van der Waals surface area contributed by atoms with Crippen molar-refractivity contribution in [1.29, 1.82) is 0 Å². The Balaban J connectivity index is 2.38. The van der Waals surface area contributed by atoms with Crippen molar-refractivity contribution in [3.8, 4) is 0 Å². The number of hydrogen-bond donors (Lipinski definition) is 1. The Morgan fingerprint density at radius 1 is 1.05 bits per heavy atom. The third kappa shape index (κ3) is 3.66. The van der Waals surface area contributed by atoms with Crippen molar-refractivity contribution in [2.75, 3.05) is 13.6 Å². The summed E-state index contributed by atoms with van der Waals surface area (Å²) in [6, 6.07) is 8.84. The quantitative estimate of drug-likeness (QED) is 0.781. The zero-order valence-electron chi connectivity index (χ0n) is 11.5. The van der Waals surface area contributed by atoms with Gasteiger partial charge in [0.2, 0.25) is 0 Å². The van der Waals surface area contributed by atoms with Crippen LogP contribution in [0.4, 0.5) is 13.2 Å². The molecular weight excluding hydrogens is 343 g/mol. The lowest BCUT2D eigenvalue weighted by Gasteiger charge is -2.19. The summed E-state index contributed by atoms with van der Waals surface area (Å²) in [6.45, 7) is 0.423. The van der Waals surface area contributed by atoms with E-state index in [1.54, 1.807) is 25.2 Å². The van der Waals surface area contributed by atoms with Crippen LogP contribution in [-0.4, -0.2) is 13.6 Å². The number of hydrogen-bond acceptors (Lipinski definition) is 1. The van der Waals surface area contributed by atoms with Gasteiger partial charge in [0.1, 0.15) is 17.5 Å². The van der Waals surface area contributed by atoms with E-state index in [9.17, 15) is 13.2 Å². The third-order valence-electron chi connectivity index (χ3n) is 3.39. The van der Waals surface area contributed by atoms with Crippen LogP contribution in [-0.2, 0) is 6.42 Å². The van der Waals surface area contributed by atoms with Gasteiger partial charge in [-0.15, -0.1) is 0 Å². The molecule has 2 aromatic rings. The maximum absolute atomic E-state index is 14.1. The second kappa shape index (κ2) is 7.09. The first kappa shape index (κ1) is 16.0. The van der Waals surface area contributed by atoms with Crippen LogP contribution < -0.4 is 5.32 Å². The van der Waals surface area contributed by atoms with Crippen molar-refractivity contribution in [1.82, 2.24) is 5.32 Å². The van der Waals surface area contributed by atoms with Crippen molar-refractivity contribution < 1.29 is 13.2 Å². The molecule has 1 N–H and O–H groups in total. The summed E-state index contributed by atoms with van der Waals surface area (Å²) >= 11 is 3.05. The summed E-state index contributed by atoms with van der Waals surface area (Å²) in [5, 5.41) is 2.94. The maximum atomic E-state index is 14.1. The van der Waals surface area contributed by atoms with E-state index in [1.165, 1.54) is 18.2 Å². The van der Waals surface area contributed by atoms with Crippen LogP contribution in [0.25, 0.3) is 0 Å². The molecule has 5 heteroatoms. The van der Waals surface area contributed by atoms with Gasteiger partial charge in [0.05, 0.1) is 4.47 Å². The number of benzene rings is 2. The Labute approximate surface area is 130 Å². The fraction of sp³-hybridized carbons (Fsp3) is 0.250. The SMILES string of the molecule is CNCC(Cc1c(F)ccc(Br)c1F)c1ccccc1F. The molecule has 0 heterocycles. The average Bonchev–Trinajstić information content (AvgIpc) is 2.47. The monoisotopic (exact) mass is 357 g/mol. The highest BCUT2D eigenvalue weighted by Gasteiger charge is 2.21. The highest BCUT2D eigenvalue weighted by molar-refractivity contribution is 9.10. The van der Waals surface area contributed by atoms with Gasteiger partial charge in [-0.2, -0.15) is 0 Å². The molecule has 112 valence electrons. The molecule has 0 spiro atoms. The molecule has 0 radical (unpaired) electrons. The summed E-state index contributed by atoms with van der Waals surface area (Å²) in [7, 11) is 1.72. The molecule has 2 rings (SSSR count). The Bertz CT molecular complexity index is 631. The molecule has 0 aliphatic heterocycles. The third-order valence-corrected chi connectivity index (χ3v) is 4.00. The highest BCUT2D eigenvalue weighted by atomic mass is 79.9. The predicted octanol–water partition coefficient (Wildman–Crippen LogP) is 4.41.